The Hall–Kier alpha value is -2.33. The van der Waals surface area contributed by atoms with E-state index in [1.165, 1.54) is 31.4 Å². The van der Waals surface area contributed by atoms with Crippen molar-refractivity contribution >= 4 is 17.3 Å². The summed E-state index contributed by atoms with van der Waals surface area (Å²) in [6.07, 6.45) is 4.03. The summed E-state index contributed by atoms with van der Waals surface area (Å²) in [7, 11) is 3.95. The number of hydrogen-bond donors (Lipinski definition) is 2. The van der Waals surface area contributed by atoms with Crippen molar-refractivity contribution in [2.24, 2.45) is 5.92 Å². The van der Waals surface area contributed by atoms with E-state index in [-0.39, 0.29) is 5.91 Å². The molecule has 2 fully saturated rings. The highest BCUT2D eigenvalue weighted by atomic mass is 16.1. The Bertz CT molecular complexity index is 780. The first-order valence-corrected chi connectivity index (χ1v) is 9.52. The summed E-state index contributed by atoms with van der Waals surface area (Å²) in [6.45, 7) is 1.18. The van der Waals surface area contributed by atoms with Gasteiger partial charge in [0.25, 0.3) is 5.91 Å². The molecular formula is C22H27N3O. The number of anilines is 2. The lowest BCUT2D eigenvalue weighted by molar-refractivity contribution is 0.102. The number of carbonyl (C=O) groups is 1. The number of amides is 1. The van der Waals surface area contributed by atoms with Gasteiger partial charge in [0.05, 0.1) is 0 Å². The lowest BCUT2D eigenvalue weighted by atomic mass is 10.1. The standard InChI is InChI=1S/C22H27N3O/c1-25(2)19-5-3-4-17(12-19)22(26)24-18-10-8-16(9-11-18)20-13-21(20)23-14-15-6-7-15/h3-5,8-12,15,20-21,23H,6-7,13-14H2,1-2H3,(H,24,26). The molecule has 2 N–H and O–H groups in total. The third kappa shape index (κ3) is 4.07. The van der Waals surface area contributed by atoms with Gasteiger partial charge in [-0.3, -0.25) is 4.79 Å². The normalized spacial score (nSPS) is 21.3. The maximum Gasteiger partial charge on any atom is 0.255 e. The molecule has 2 aromatic carbocycles. The quantitative estimate of drug-likeness (QED) is 0.798. The number of nitrogens with one attached hydrogen (secondary N) is 2. The van der Waals surface area contributed by atoms with Crippen LogP contribution in [0, 0.1) is 5.92 Å². The summed E-state index contributed by atoms with van der Waals surface area (Å²) >= 11 is 0. The van der Waals surface area contributed by atoms with E-state index in [0.717, 1.165) is 17.3 Å². The fourth-order valence-electron chi connectivity index (χ4n) is 3.37. The molecule has 26 heavy (non-hydrogen) atoms. The number of carbonyl (C=O) groups excluding carboxylic acids is 1. The van der Waals surface area contributed by atoms with Gasteiger partial charge in [-0.2, -0.15) is 0 Å². The molecule has 2 saturated carbocycles. The monoisotopic (exact) mass is 349 g/mol. The highest BCUT2D eigenvalue weighted by Crippen LogP contribution is 2.41. The zero-order valence-corrected chi connectivity index (χ0v) is 15.5. The van der Waals surface area contributed by atoms with E-state index in [4.69, 9.17) is 0 Å². The Morgan fingerprint density at radius 1 is 1.12 bits per heavy atom. The molecule has 0 bridgehead atoms. The molecule has 4 rings (SSSR count). The third-order valence-corrected chi connectivity index (χ3v) is 5.38. The molecule has 2 aliphatic rings. The van der Waals surface area contributed by atoms with Crippen LogP contribution in [0.15, 0.2) is 48.5 Å². The van der Waals surface area contributed by atoms with Crippen LogP contribution in [0.3, 0.4) is 0 Å². The third-order valence-electron chi connectivity index (χ3n) is 5.38. The number of nitrogens with zero attached hydrogens (tertiary/aromatic N) is 1. The van der Waals surface area contributed by atoms with Crippen LogP contribution in [0.1, 0.15) is 41.1 Å². The van der Waals surface area contributed by atoms with Gasteiger partial charge in [-0.25, -0.2) is 0 Å². The number of rotatable bonds is 7. The Labute approximate surface area is 155 Å². The van der Waals surface area contributed by atoms with Crippen LogP contribution >= 0.6 is 0 Å². The number of benzene rings is 2. The van der Waals surface area contributed by atoms with E-state index in [1.807, 2.05) is 55.4 Å². The fraction of sp³-hybridized carbons (Fsp3) is 0.409. The first-order chi connectivity index (χ1) is 12.6. The lowest BCUT2D eigenvalue weighted by Gasteiger charge is -2.13. The highest BCUT2D eigenvalue weighted by molar-refractivity contribution is 6.04. The van der Waals surface area contributed by atoms with Crippen molar-refractivity contribution < 1.29 is 4.79 Å². The second-order valence-corrected chi connectivity index (χ2v) is 7.82. The SMILES string of the molecule is CN(C)c1cccc(C(=O)Nc2ccc(C3CC3NCC3CC3)cc2)c1. The summed E-state index contributed by atoms with van der Waals surface area (Å²) in [5, 5.41) is 6.67. The van der Waals surface area contributed by atoms with Crippen molar-refractivity contribution in [1.82, 2.24) is 5.32 Å². The summed E-state index contributed by atoms with van der Waals surface area (Å²) in [5.74, 6) is 1.49. The van der Waals surface area contributed by atoms with Gasteiger partial charge in [-0.15, -0.1) is 0 Å². The molecule has 4 nitrogen and oxygen atoms in total. The van der Waals surface area contributed by atoms with Gasteiger partial charge in [-0.1, -0.05) is 18.2 Å². The maximum atomic E-state index is 12.5. The average Bonchev–Trinajstić information content (AvgIpc) is 3.55. The minimum atomic E-state index is -0.0724. The Morgan fingerprint density at radius 2 is 1.88 bits per heavy atom. The largest absolute Gasteiger partial charge is 0.378 e. The van der Waals surface area contributed by atoms with Gasteiger partial charge in [0, 0.05) is 43.0 Å². The van der Waals surface area contributed by atoms with Crippen molar-refractivity contribution in [1.29, 1.82) is 0 Å². The zero-order chi connectivity index (χ0) is 18.1. The van der Waals surface area contributed by atoms with Crippen molar-refractivity contribution in [3.05, 3.63) is 59.7 Å². The van der Waals surface area contributed by atoms with Crippen LogP contribution in [0.4, 0.5) is 11.4 Å². The molecule has 0 radical (unpaired) electrons. The van der Waals surface area contributed by atoms with E-state index < -0.39 is 0 Å². The van der Waals surface area contributed by atoms with Crippen molar-refractivity contribution in [3.63, 3.8) is 0 Å². The van der Waals surface area contributed by atoms with Crippen LogP contribution in [-0.2, 0) is 0 Å². The average molecular weight is 349 g/mol. The van der Waals surface area contributed by atoms with Crippen molar-refractivity contribution in [2.45, 2.75) is 31.2 Å². The summed E-state index contributed by atoms with van der Waals surface area (Å²) in [6, 6.07) is 16.6. The van der Waals surface area contributed by atoms with E-state index in [9.17, 15) is 4.79 Å². The molecule has 2 atom stereocenters. The Morgan fingerprint density at radius 3 is 2.58 bits per heavy atom. The molecule has 2 aromatic rings. The van der Waals surface area contributed by atoms with Gasteiger partial charge in [0.1, 0.15) is 0 Å². The van der Waals surface area contributed by atoms with Gasteiger partial charge in [0.2, 0.25) is 0 Å². The van der Waals surface area contributed by atoms with E-state index in [2.05, 4.69) is 22.8 Å². The van der Waals surface area contributed by atoms with Crippen LogP contribution in [0.2, 0.25) is 0 Å². The van der Waals surface area contributed by atoms with E-state index in [1.54, 1.807) is 0 Å². The molecule has 2 unspecified atom stereocenters. The van der Waals surface area contributed by atoms with Crippen LogP contribution in [-0.4, -0.2) is 32.6 Å². The second kappa shape index (κ2) is 7.12. The van der Waals surface area contributed by atoms with Crippen LogP contribution < -0.4 is 15.5 Å². The molecule has 2 aliphatic carbocycles. The predicted molar refractivity (Wildman–Crippen MR) is 107 cm³/mol. The lowest BCUT2D eigenvalue weighted by Crippen LogP contribution is -2.20. The summed E-state index contributed by atoms with van der Waals surface area (Å²) < 4.78 is 0. The molecular weight excluding hydrogens is 322 g/mol. The van der Waals surface area contributed by atoms with Gasteiger partial charge in [-0.05, 0) is 67.6 Å². The number of hydrogen-bond acceptors (Lipinski definition) is 3. The first-order valence-electron chi connectivity index (χ1n) is 9.52. The molecule has 1 amide bonds. The fourth-order valence-corrected chi connectivity index (χ4v) is 3.37. The van der Waals surface area contributed by atoms with E-state index >= 15 is 0 Å². The van der Waals surface area contributed by atoms with Gasteiger partial charge in [0.15, 0.2) is 0 Å². The molecule has 0 heterocycles. The summed E-state index contributed by atoms with van der Waals surface area (Å²) in [5.41, 5.74) is 3.90. The molecule has 0 aliphatic heterocycles. The minimum Gasteiger partial charge on any atom is -0.378 e. The second-order valence-electron chi connectivity index (χ2n) is 7.82. The predicted octanol–water partition coefficient (Wildman–Crippen LogP) is 3.86. The highest BCUT2D eigenvalue weighted by Gasteiger charge is 2.38. The molecule has 4 heteroatoms. The molecule has 136 valence electrons. The van der Waals surface area contributed by atoms with Crippen molar-refractivity contribution in [2.75, 3.05) is 30.9 Å². The van der Waals surface area contributed by atoms with Crippen LogP contribution in [0.25, 0.3) is 0 Å². The minimum absolute atomic E-state index is 0.0724. The summed E-state index contributed by atoms with van der Waals surface area (Å²) in [4.78, 5) is 14.5. The van der Waals surface area contributed by atoms with Gasteiger partial charge >= 0.3 is 0 Å². The Balaban J connectivity index is 1.34. The molecule has 0 aromatic heterocycles. The molecule has 0 saturated heterocycles. The maximum absolute atomic E-state index is 12.5. The first kappa shape index (κ1) is 17.1. The Kier molecular flexibility index (Phi) is 4.68. The van der Waals surface area contributed by atoms with Crippen molar-refractivity contribution in [3.8, 4) is 0 Å². The van der Waals surface area contributed by atoms with Gasteiger partial charge < -0.3 is 15.5 Å². The topological polar surface area (TPSA) is 44.4 Å². The van der Waals surface area contributed by atoms with Crippen LogP contribution in [0.5, 0.6) is 0 Å². The molecule has 0 spiro atoms. The smallest absolute Gasteiger partial charge is 0.255 e. The van der Waals surface area contributed by atoms with E-state index in [0.29, 0.717) is 17.5 Å². The zero-order valence-electron chi connectivity index (χ0n) is 15.5.